The number of aromatic nitrogens is 2. The van der Waals surface area contributed by atoms with Crippen molar-refractivity contribution in [1.29, 1.82) is 0 Å². The number of anilines is 3. The highest BCUT2D eigenvalue weighted by Crippen LogP contribution is 2.25. The Morgan fingerprint density at radius 2 is 1.79 bits per heavy atom. The lowest BCUT2D eigenvalue weighted by Gasteiger charge is -2.33. The highest BCUT2D eigenvalue weighted by atomic mass is 35.5. The zero-order chi connectivity index (χ0) is 22.6. The largest absolute Gasteiger partial charge is 0.493 e. The minimum atomic E-state index is 0.583. The Balaban J connectivity index is 1.09. The van der Waals surface area contributed by atoms with Gasteiger partial charge in [0, 0.05) is 36.0 Å². The van der Waals surface area contributed by atoms with Gasteiger partial charge < -0.3 is 25.7 Å². The Bertz CT molecular complexity index is 1200. The van der Waals surface area contributed by atoms with Crippen LogP contribution in [0.25, 0.3) is 11.0 Å². The predicted molar refractivity (Wildman–Crippen MR) is 136 cm³/mol. The summed E-state index contributed by atoms with van der Waals surface area (Å²) in [6, 6.07) is 22.1. The van der Waals surface area contributed by atoms with E-state index in [0.29, 0.717) is 12.5 Å². The average molecular weight is 462 g/mol. The Kier molecular flexibility index (Phi) is 6.26. The number of nitrogens with one attached hydrogen (secondary N) is 2. The summed E-state index contributed by atoms with van der Waals surface area (Å²) in [4.78, 5) is 10.3. The number of hydrogen-bond donors (Lipinski definition) is 3. The van der Waals surface area contributed by atoms with Gasteiger partial charge in [0.1, 0.15) is 5.75 Å². The van der Waals surface area contributed by atoms with E-state index in [4.69, 9.17) is 22.1 Å². The molecule has 1 aliphatic heterocycles. The normalized spacial score (nSPS) is 14.5. The van der Waals surface area contributed by atoms with Gasteiger partial charge in [-0.1, -0.05) is 23.7 Å². The van der Waals surface area contributed by atoms with Gasteiger partial charge in [-0.2, -0.15) is 0 Å². The number of nitrogen functional groups attached to an aromatic ring is 1. The zero-order valence-corrected chi connectivity index (χ0v) is 19.2. The number of piperidine rings is 1. The summed E-state index contributed by atoms with van der Waals surface area (Å²) in [7, 11) is 0. The Morgan fingerprint density at radius 3 is 2.55 bits per heavy atom. The second-order valence-corrected chi connectivity index (χ2v) is 9.01. The molecule has 0 aliphatic carbocycles. The van der Waals surface area contributed by atoms with Crippen molar-refractivity contribution >= 4 is 40.0 Å². The van der Waals surface area contributed by atoms with Gasteiger partial charge in [0.2, 0.25) is 5.95 Å². The first kappa shape index (κ1) is 21.5. The van der Waals surface area contributed by atoms with Crippen LogP contribution >= 0.6 is 11.6 Å². The van der Waals surface area contributed by atoms with Gasteiger partial charge in [-0.05, 0) is 78.9 Å². The summed E-state index contributed by atoms with van der Waals surface area (Å²) >= 11 is 5.94. The summed E-state index contributed by atoms with van der Waals surface area (Å²) in [5, 5.41) is 4.10. The zero-order valence-electron chi connectivity index (χ0n) is 18.4. The summed E-state index contributed by atoms with van der Waals surface area (Å²) < 4.78 is 5.95. The third-order valence-electron chi connectivity index (χ3n) is 6.18. The average Bonchev–Trinajstić information content (AvgIpc) is 3.25. The number of halogens is 1. The standard InChI is InChI=1S/C26H28ClN5O/c27-20-3-8-23(9-4-20)33-17-19-11-13-32(14-12-19)22-6-1-18(2-7-22)16-29-26-30-24-10-5-21(28)15-25(24)31-26/h1-10,15,19H,11-14,16-17,28H2,(H2,29,30,31). The van der Waals surface area contributed by atoms with Crippen molar-refractivity contribution in [3.8, 4) is 5.75 Å². The molecule has 3 aromatic carbocycles. The number of nitrogens with two attached hydrogens (primary N) is 1. The van der Waals surface area contributed by atoms with E-state index >= 15 is 0 Å². The monoisotopic (exact) mass is 461 g/mol. The van der Waals surface area contributed by atoms with Gasteiger partial charge in [-0.3, -0.25) is 0 Å². The molecule has 33 heavy (non-hydrogen) atoms. The fraction of sp³-hybridized carbons (Fsp3) is 0.269. The van der Waals surface area contributed by atoms with Crippen LogP contribution in [0, 0.1) is 5.92 Å². The van der Waals surface area contributed by atoms with Crippen LogP contribution in [-0.2, 0) is 6.54 Å². The van der Waals surface area contributed by atoms with E-state index in [1.165, 1.54) is 11.3 Å². The molecule has 5 rings (SSSR count). The molecular formula is C26H28ClN5O. The van der Waals surface area contributed by atoms with Crippen LogP contribution in [0.5, 0.6) is 5.75 Å². The molecule has 4 N–H and O–H groups in total. The van der Waals surface area contributed by atoms with Gasteiger partial charge in [0.05, 0.1) is 17.6 Å². The number of benzene rings is 3. The molecule has 0 atom stereocenters. The Hall–Kier alpha value is -3.38. The maximum Gasteiger partial charge on any atom is 0.201 e. The van der Waals surface area contributed by atoms with Gasteiger partial charge >= 0.3 is 0 Å². The third-order valence-corrected chi connectivity index (χ3v) is 6.43. The molecule has 0 radical (unpaired) electrons. The lowest BCUT2D eigenvalue weighted by Crippen LogP contribution is -2.35. The number of H-pyrrole nitrogens is 1. The van der Waals surface area contributed by atoms with Crippen LogP contribution in [0.1, 0.15) is 18.4 Å². The van der Waals surface area contributed by atoms with Crippen molar-refractivity contribution in [2.45, 2.75) is 19.4 Å². The Labute approximate surface area is 198 Å². The molecule has 1 fully saturated rings. The molecule has 0 saturated carbocycles. The van der Waals surface area contributed by atoms with Gasteiger partial charge in [-0.15, -0.1) is 0 Å². The molecule has 0 amide bonds. The van der Waals surface area contributed by atoms with Crippen molar-refractivity contribution in [2.24, 2.45) is 5.92 Å². The number of hydrogen-bond acceptors (Lipinski definition) is 5. The molecule has 2 heterocycles. The molecule has 170 valence electrons. The van der Waals surface area contributed by atoms with Crippen LogP contribution < -0.4 is 20.7 Å². The quantitative estimate of drug-likeness (QED) is 0.307. The van der Waals surface area contributed by atoms with Crippen LogP contribution in [0.3, 0.4) is 0 Å². The maximum atomic E-state index is 5.95. The van der Waals surface area contributed by atoms with Gasteiger partial charge in [0.25, 0.3) is 0 Å². The molecule has 7 heteroatoms. The fourth-order valence-electron chi connectivity index (χ4n) is 4.22. The Morgan fingerprint density at radius 1 is 1.03 bits per heavy atom. The smallest absolute Gasteiger partial charge is 0.201 e. The summed E-state index contributed by atoms with van der Waals surface area (Å²) in [5.41, 5.74) is 10.9. The van der Waals surface area contributed by atoms with Crippen LogP contribution in [0.15, 0.2) is 66.7 Å². The highest BCUT2D eigenvalue weighted by Gasteiger charge is 2.20. The van der Waals surface area contributed by atoms with Crippen LogP contribution in [0.2, 0.25) is 5.02 Å². The first-order chi connectivity index (χ1) is 16.1. The molecule has 6 nitrogen and oxygen atoms in total. The van der Waals surface area contributed by atoms with Crippen LogP contribution in [0.4, 0.5) is 17.3 Å². The highest BCUT2D eigenvalue weighted by molar-refractivity contribution is 6.30. The molecule has 0 unspecified atom stereocenters. The lowest BCUT2D eigenvalue weighted by molar-refractivity contribution is 0.223. The van der Waals surface area contributed by atoms with E-state index in [2.05, 4.69) is 44.5 Å². The minimum absolute atomic E-state index is 0.583. The van der Waals surface area contributed by atoms with Crippen molar-refractivity contribution in [1.82, 2.24) is 9.97 Å². The number of rotatable bonds is 7. The van der Waals surface area contributed by atoms with Gasteiger partial charge in [0.15, 0.2) is 0 Å². The van der Waals surface area contributed by atoms with E-state index in [-0.39, 0.29) is 0 Å². The maximum absolute atomic E-state index is 5.95. The second kappa shape index (κ2) is 9.63. The predicted octanol–water partition coefficient (Wildman–Crippen LogP) is 5.71. The van der Waals surface area contributed by atoms with Crippen molar-refractivity contribution in [3.05, 3.63) is 77.3 Å². The SMILES string of the molecule is Nc1ccc2nc(NCc3ccc(N4CCC(COc5ccc(Cl)cc5)CC4)cc3)[nH]c2c1. The molecular weight excluding hydrogens is 434 g/mol. The van der Waals surface area contributed by atoms with E-state index in [1.54, 1.807) is 0 Å². The van der Waals surface area contributed by atoms with Crippen molar-refractivity contribution in [3.63, 3.8) is 0 Å². The minimum Gasteiger partial charge on any atom is -0.493 e. The third kappa shape index (κ3) is 5.34. The van der Waals surface area contributed by atoms with E-state index in [1.807, 2.05) is 42.5 Å². The lowest BCUT2D eigenvalue weighted by atomic mass is 9.97. The van der Waals surface area contributed by atoms with Crippen molar-refractivity contribution in [2.75, 3.05) is 35.6 Å². The van der Waals surface area contributed by atoms with E-state index in [9.17, 15) is 0 Å². The number of aromatic amines is 1. The molecule has 0 bridgehead atoms. The molecule has 1 saturated heterocycles. The number of imidazole rings is 1. The summed E-state index contributed by atoms with van der Waals surface area (Å²) in [6.45, 7) is 3.57. The first-order valence-corrected chi connectivity index (χ1v) is 11.7. The fourth-order valence-corrected chi connectivity index (χ4v) is 4.35. The van der Waals surface area contributed by atoms with Crippen molar-refractivity contribution < 1.29 is 4.74 Å². The number of ether oxygens (including phenoxy) is 1. The van der Waals surface area contributed by atoms with E-state index in [0.717, 1.165) is 66.0 Å². The summed E-state index contributed by atoms with van der Waals surface area (Å²) in [6.07, 6.45) is 2.26. The number of fused-ring (bicyclic) bond motifs is 1. The second-order valence-electron chi connectivity index (χ2n) is 8.58. The first-order valence-electron chi connectivity index (χ1n) is 11.3. The number of nitrogens with zero attached hydrogens (tertiary/aromatic N) is 2. The van der Waals surface area contributed by atoms with E-state index < -0.39 is 0 Å². The topological polar surface area (TPSA) is 79.2 Å². The van der Waals surface area contributed by atoms with Crippen LogP contribution in [-0.4, -0.2) is 29.7 Å². The molecule has 4 aromatic rings. The van der Waals surface area contributed by atoms with Gasteiger partial charge in [-0.25, -0.2) is 4.98 Å². The summed E-state index contributed by atoms with van der Waals surface area (Å²) in [5.74, 6) is 2.22. The molecule has 1 aromatic heterocycles. The molecule has 1 aliphatic rings. The molecule has 0 spiro atoms.